The molecule has 5 heteroatoms. The number of hydrogen-bond acceptors (Lipinski definition) is 2. The van der Waals surface area contributed by atoms with E-state index in [-0.39, 0.29) is 11.0 Å². The number of amides is 1. The largest absolute Gasteiger partial charge is 0.440 e. The second-order valence-electron chi connectivity index (χ2n) is 3.07. The molecule has 0 unspecified atom stereocenters. The second kappa shape index (κ2) is 4.37. The van der Waals surface area contributed by atoms with Gasteiger partial charge in [0.15, 0.2) is 11.0 Å². The molecule has 0 aliphatic carbocycles. The number of carbonyl (C=O) groups excluding carboxylic acids is 1. The zero-order valence-corrected chi connectivity index (χ0v) is 8.79. The van der Waals surface area contributed by atoms with Crippen molar-refractivity contribution < 1.29 is 13.6 Å². The lowest BCUT2D eigenvalue weighted by Crippen LogP contribution is -2.10. The molecule has 82 valence electrons. The summed E-state index contributed by atoms with van der Waals surface area (Å²) in [6, 6.07) is 8.48. The minimum absolute atomic E-state index is 0.0780. The molecule has 1 amide bonds. The average molecular weight is 240 g/mol. The first kappa shape index (κ1) is 10.7. The highest BCUT2D eigenvalue weighted by molar-refractivity contribution is 6.29. The molecule has 1 heterocycles. The third-order valence-corrected chi connectivity index (χ3v) is 2.08. The van der Waals surface area contributed by atoms with Gasteiger partial charge in [0.1, 0.15) is 5.82 Å². The predicted molar refractivity (Wildman–Crippen MR) is 58.1 cm³/mol. The Morgan fingerprint density at radius 3 is 2.75 bits per heavy atom. The van der Waals surface area contributed by atoms with Crippen LogP contribution in [0.4, 0.5) is 10.1 Å². The molecule has 0 bridgehead atoms. The van der Waals surface area contributed by atoms with Gasteiger partial charge in [-0.3, -0.25) is 4.79 Å². The van der Waals surface area contributed by atoms with E-state index in [0.717, 1.165) is 0 Å². The van der Waals surface area contributed by atoms with Crippen LogP contribution in [0.25, 0.3) is 0 Å². The topological polar surface area (TPSA) is 42.2 Å². The Morgan fingerprint density at radius 1 is 1.31 bits per heavy atom. The first-order chi connectivity index (χ1) is 7.65. The van der Waals surface area contributed by atoms with Crippen LogP contribution < -0.4 is 5.32 Å². The molecule has 1 N–H and O–H groups in total. The van der Waals surface area contributed by atoms with E-state index in [0.29, 0.717) is 5.69 Å². The Bertz CT molecular complexity index is 524. The van der Waals surface area contributed by atoms with Crippen LogP contribution in [-0.4, -0.2) is 5.91 Å². The summed E-state index contributed by atoms with van der Waals surface area (Å²) in [6.07, 6.45) is 0. The van der Waals surface area contributed by atoms with Crippen LogP contribution in [0.2, 0.25) is 5.22 Å². The summed E-state index contributed by atoms with van der Waals surface area (Å²) in [7, 11) is 0. The van der Waals surface area contributed by atoms with E-state index in [4.69, 9.17) is 16.0 Å². The van der Waals surface area contributed by atoms with E-state index >= 15 is 0 Å². The van der Waals surface area contributed by atoms with Gasteiger partial charge in [-0.2, -0.15) is 0 Å². The maximum absolute atomic E-state index is 12.8. The zero-order chi connectivity index (χ0) is 11.5. The number of benzene rings is 1. The number of nitrogens with one attached hydrogen (secondary N) is 1. The summed E-state index contributed by atoms with van der Waals surface area (Å²) in [5, 5.41) is 2.61. The first-order valence-electron chi connectivity index (χ1n) is 4.47. The molecule has 0 spiro atoms. The number of rotatable bonds is 2. The molecule has 0 saturated heterocycles. The van der Waals surface area contributed by atoms with Gasteiger partial charge in [-0.05, 0) is 41.9 Å². The molecule has 2 rings (SSSR count). The number of halogens is 2. The number of furan rings is 1. The Labute approximate surface area is 95.8 Å². The zero-order valence-electron chi connectivity index (χ0n) is 8.04. The van der Waals surface area contributed by atoms with E-state index in [2.05, 4.69) is 5.32 Å². The van der Waals surface area contributed by atoms with E-state index in [1.165, 1.54) is 30.3 Å². The predicted octanol–water partition coefficient (Wildman–Crippen LogP) is 3.32. The Morgan fingerprint density at radius 2 is 2.12 bits per heavy atom. The SMILES string of the molecule is O=C(Nc1cccc(F)c1)c1ccc(Cl)o1. The van der Waals surface area contributed by atoms with Crippen molar-refractivity contribution in [2.24, 2.45) is 0 Å². The molecule has 0 aliphatic rings. The maximum Gasteiger partial charge on any atom is 0.291 e. The fourth-order valence-corrected chi connectivity index (χ4v) is 1.34. The standard InChI is InChI=1S/C11H7ClFNO2/c12-10-5-4-9(16-10)11(15)14-8-3-1-2-7(13)6-8/h1-6H,(H,14,15). The van der Waals surface area contributed by atoms with Crippen LogP contribution in [0.15, 0.2) is 40.8 Å². The van der Waals surface area contributed by atoms with E-state index in [1.54, 1.807) is 6.07 Å². The number of hydrogen-bond donors (Lipinski definition) is 1. The smallest absolute Gasteiger partial charge is 0.291 e. The number of anilines is 1. The highest BCUT2D eigenvalue weighted by Gasteiger charge is 2.10. The van der Waals surface area contributed by atoms with Crippen molar-refractivity contribution in [2.75, 3.05) is 5.32 Å². The van der Waals surface area contributed by atoms with E-state index in [1.807, 2.05) is 0 Å². The van der Waals surface area contributed by atoms with Crippen LogP contribution >= 0.6 is 11.6 Å². The van der Waals surface area contributed by atoms with Gasteiger partial charge in [0.25, 0.3) is 5.91 Å². The molecule has 2 aromatic rings. The maximum atomic E-state index is 12.8. The molecule has 0 saturated carbocycles. The lowest BCUT2D eigenvalue weighted by Gasteiger charge is -2.02. The molecule has 0 atom stereocenters. The van der Waals surface area contributed by atoms with Crippen LogP contribution in [0, 0.1) is 5.82 Å². The Kier molecular flexibility index (Phi) is 2.92. The van der Waals surface area contributed by atoms with Gasteiger partial charge in [-0.1, -0.05) is 6.07 Å². The summed E-state index contributed by atoms with van der Waals surface area (Å²) in [6.45, 7) is 0. The van der Waals surface area contributed by atoms with Crippen molar-refractivity contribution in [3.05, 3.63) is 53.2 Å². The van der Waals surface area contributed by atoms with Crippen LogP contribution in [0.1, 0.15) is 10.6 Å². The van der Waals surface area contributed by atoms with Gasteiger partial charge in [-0.25, -0.2) is 4.39 Å². The second-order valence-corrected chi connectivity index (χ2v) is 3.44. The van der Waals surface area contributed by atoms with Gasteiger partial charge in [0.2, 0.25) is 0 Å². The van der Waals surface area contributed by atoms with Crippen molar-refractivity contribution in [1.29, 1.82) is 0 Å². The third-order valence-electron chi connectivity index (χ3n) is 1.88. The first-order valence-corrected chi connectivity index (χ1v) is 4.85. The van der Waals surface area contributed by atoms with Gasteiger partial charge in [0.05, 0.1) is 0 Å². The molecule has 0 fully saturated rings. The Hall–Kier alpha value is -1.81. The minimum atomic E-state index is -0.475. The van der Waals surface area contributed by atoms with Gasteiger partial charge >= 0.3 is 0 Å². The van der Waals surface area contributed by atoms with E-state index < -0.39 is 11.7 Å². The summed E-state index contributed by atoms with van der Waals surface area (Å²) in [5.41, 5.74) is 0.359. The normalized spacial score (nSPS) is 10.1. The summed E-state index contributed by atoms with van der Waals surface area (Å²) in [5.74, 6) is -0.818. The molecule has 16 heavy (non-hydrogen) atoms. The molecule has 1 aromatic carbocycles. The summed E-state index contributed by atoms with van der Waals surface area (Å²) in [4.78, 5) is 11.6. The van der Waals surface area contributed by atoms with Crippen LogP contribution in [-0.2, 0) is 0 Å². The lowest BCUT2D eigenvalue weighted by molar-refractivity contribution is 0.0997. The molecular formula is C11H7ClFNO2. The highest BCUT2D eigenvalue weighted by atomic mass is 35.5. The fourth-order valence-electron chi connectivity index (χ4n) is 1.20. The molecule has 1 aromatic heterocycles. The molecule has 3 nitrogen and oxygen atoms in total. The average Bonchev–Trinajstić information content (AvgIpc) is 2.65. The van der Waals surface area contributed by atoms with Gasteiger partial charge in [-0.15, -0.1) is 0 Å². The summed E-state index contributed by atoms with van der Waals surface area (Å²) >= 11 is 5.53. The van der Waals surface area contributed by atoms with Gasteiger partial charge < -0.3 is 9.73 Å². The molecule has 0 radical (unpaired) electrons. The highest BCUT2D eigenvalue weighted by Crippen LogP contribution is 2.15. The summed E-state index contributed by atoms with van der Waals surface area (Å²) < 4.78 is 17.7. The van der Waals surface area contributed by atoms with Gasteiger partial charge in [0, 0.05) is 5.69 Å². The lowest BCUT2D eigenvalue weighted by atomic mass is 10.3. The quantitative estimate of drug-likeness (QED) is 0.874. The van der Waals surface area contributed by atoms with Crippen molar-refractivity contribution in [2.45, 2.75) is 0 Å². The van der Waals surface area contributed by atoms with Crippen molar-refractivity contribution in [3.63, 3.8) is 0 Å². The molecular weight excluding hydrogens is 233 g/mol. The van der Waals surface area contributed by atoms with Crippen molar-refractivity contribution in [1.82, 2.24) is 0 Å². The molecule has 0 aliphatic heterocycles. The Balaban J connectivity index is 2.13. The number of carbonyl (C=O) groups is 1. The fraction of sp³-hybridized carbons (Fsp3) is 0. The third kappa shape index (κ3) is 2.41. The van der Waals surface area contributed by atoms with E-state index in [9.17, 15) is 9.18 Å². The minimum Gasteiger partial charge on any atom is -0.440 e. The monoisotopic (exact) mass is 239 g/mol. The van der Waals surface area contributed by atoms with Crippen molar-refractivity contribution >= 4 is 23.2 Å². The van der Waals surface area contributed by atoms with Crippen LogP contribution in [0.5, 0.6) is 0 Å². The van der Waals surface area contributed by atoms with Crippen LogP contribution in [0.3, 0.4) is 0 Å². The van der Waals surface area contributed by atoms with Crippen molar-refractivity contribution in [3.8, 4) is 0 Å².